The fourth-order valence-corrected chi connectivity index (χ4v) is 15.9. The van der Waals surface area contributed by atoms with E-state index in [4.69, 9.17) is 37.0 Å². The van der Waals surface area contributed by atoms with E-state index in [-0.39, 0.29) is 25.7 Å². The Morgan fingerprint density at radius 2 is 0.464 bits per heavy atom. The molecule has 0 aliphatic heterocycles. The van der Waals surface area contributed by atoms with E-state index in [1.165, 1.54) is 308 Å². The van der Waals surface area contributed by atoms with Gasteiger partial charge in [0.1, 0.15) is 19.3 Å². The first kappa shape index (κ1) is 108. The Kier molecular flexibility index (Phi) is 80.7. The molecule has 0 saturated carbocycles. The summed E-state index contributed by atoms with van der Waals surface area (Å²) in [6.07, 6.45) is 76.5. The Bertz CT molecular complexity index is 2100. The van der Waals surface area contributed by atoms with Crippen molar-refractivity contribution in [3.63, 3.8) is 0 Å². The van der Waals surface area contributed by atoms with Crippen LogP contribution >= 0.6 is 15.6 Å². The molecule has 6 atom stereocenters. The van der Waals surface area contributed by atoms with E-state index in [0.29, 0.717) is 25.7 Å². The lowest BCUT2D eigenvalue weighted by Gasteiger charge is -2.21. The second kappa shape index (κ2) is 82.2. The highest BCUT2D eigenvalue weighted by molar-refractivity contribution is 7.47. The number of unbranched alkanes of at least 4 members (excludes halogenated alkanes) is 59. The van der Waals surface area contributed by atoms with E-state index < -0.39 is 97.5 Å². The molecule has 0 aromatic carbocycles. The van der Waals surface area contributed by atoms with Crippen molar-refractivity contribution in [2.45, 2.75) is 509 Å². The summed E-state index contributed by atoms with van der Waals surface area (Å²) in [6, 6.07) is 0. The van der Waals surface area contributed by atoms with Crippen molar-refractivity contribution >= 4 is 39.5 Å². The van der Waals surface area contributed by atoms with Crippen molar-refractivity contribution in [3.05, 3.63) is 0 Å². The van der Waals surface area contributed by atoms with Gasteiger partial charge in [0.05, 0.1) is 26.4 Å². The van der Waals surface area contributed by atoms with Gasteiger partial charge in [-0.05, 0) is 37.5 Å². The summed E-state index contributed by atoms with van der Waals surface area (Å²) >= 11 is 0. The molecule has 0 fully saturated rings. The lowest BCUT2D eigenvalue weighted by atomic mass is 9.99. The molecule has 0 heterocycles. The molecule has 654 valence electrons. The van der Waals surface area contributed by atoms with E-state index in [1.807, 2.05) is 0 Å². The molecule has 0 amide bonds. The van der Waals surface area contributed by atoms with Crippen LogP contribution in [0.2, 0.25) is 0 Å². The second-order valence-corrected chi connectivity index (χ2v) is 36.3. The highest BCUT2D eigenvalue weighted by Gasteiger charge is 2.31. The SMILES string of the molecule is CCCCCCCCCCCCCCCCCCCCCCCC(=O)O[C@H](COC(=O)CCCCCCCCCCCCCCCCCCCCCC)COP(=O)(O)OC[C@@H](O)COP(=O)(O)OC[C@@H](COC(=O)CCCCCCCCCCC(C)CC)OC(=O)CCCCCCCCCCCCCCCCC(C)C. The smallest absolute Gasteiger partial charge is 0.462 e. The largest absolute Gasteiger partial charge is 0.472 e. The number of carbonyl (C=O) groups excluding carboxylic acids is 4. The molecular formula is C91H178O17P2. The number of aliphatic hydroxyl groups excluding tert-OH is 1. The third-order valence-corrected chi connectivity index (χ3v) is 23.7. The minimum Gasteiger partial charge on any atom is -0.462 e. The second-order valence-electron chi connectivity index (χ2n) is 33.4. The van der Waals surface area contributed by atoms with Crippen LogP contribution in [0.15, 0.2) is 0 Å². The lowest BCUT2D eigenvalue weighted by Crippen LogP contribution is -2.30. The number of hydrogen-bond donors (Lipinski definition) is 3. The molecule has 0 rings (SSSR count). The molecule has 19 heteroatoms. The van der Waals surface area contributed by atoms with Crippen LogP contribution in [0.5, 0.6) is 0 Å². The maximum atomic E-state index is 13.2. The van der Waals surface area contributed by atoms with Gasteiger partial charge in [0, 0.05) is 25.7 Å². The lowest BCUT2D eigenvalue weighted by molar-refractivity contribution is -0.161. The fourth-order valence-electron chi connectivity index (χ4n) is 14.3. The number of phosphoric ester groups is 2. The van der Waals surface area contributed by atoms with Crippen molar-refractivity contribution in [3.8, 4) is 0 Å². The van der Waals surface area contributed by atoms with Crippen LogP contribution in [0, 0.1) is 11.8 Å². The van der Waals surface area contributed by atoms with E-state index >= 15 is 0 Å². The highest BCUT2D eigenvalue weighted by atomic mass is 31.2. The fraction of sp³-hybridized carbons (Fsp3) is 0.956. The first-order valence-electron chi connectivity index (χ1n) is 47.0. The molecule has 0 aliphatic rings. The summed E-state index contributed by atoms with van der Waals surface area (Å²) in [6.45, 7) is 9.72. The summed E-state index contributed by atoms with van der Waals surface area (Å²) in [5.41, 5.74) is 0. The Morgan fingerprint density at radius 1 is 0.264 bits per heavy atom. The van der Waals surface area contributed by atoms with Crippen LogP contribution in [0.25, 0.3) is 0 Å². The van der Waals surface area contributed by atoms with Gasteiger partial charge in [0.25, 0.3) is 0 Å². The Morgan fingerprint density at radius 3 is 0.691 bits per heavy atom. The van der Waals surface area contributed by atoms with E-state index in [9.17, 15) is 43.2 Å². The summed E-state index contributed by atoms with van der Waals surface area (Å²) < 4.78 is 69.1. The predicted molar refractivity (Wildman–Crippen MR) is 455 cm³/mol. The molecule has 0 saturated heterocycles. The molecule has 0 bridgehead atoms. The van der Waals surface area contributed by atoms with E-state index in [0.717, 1.165) is 102 Å². The van der Waals surface area contributed by atoms with Crippen molar-refractivity contribution in [2.24, 2.45) is 11.8 Å². The topological polar surface area (TPSA) is 237 Å². The van der Waals surface area contributed by atoms with Gasteiger partial charge in [0.2, 0.25) is 0 Å². The molecule has 17 nitrogen and oxygen atoms in total. The summed E-state index contributed by atoms with van der Waals surface area (Å²) in [5.74, 6) is -0.524. The van der Waals surface area contributed by atoms with Crippen LogP contribution in [-0.2, 0) is 65.4 Å². The minimum absolute atomic E-state index is 0.107. The first-order valence-corrected chi connectivity index (χ1v) is 50.0. The third-order valence-electron chi connectivity index (χ3n) is 21.8. The molecule has 3 N–H and O–H groups in total. The van der Waals surface area contributed by atoms with Gasteiger partial charge in [-0.2, -0.15) is 0 Å². The van der Waals surface area contributed by atoms with Gasteiger partial charge in [0.15, 0.2) is 12.2 Å². The number of esters is 4. The van der Waals surface area contributed by atoms with Gasteiger partial charge in [-0.3, -0.25) is 37.3 Å². The van der Waals surface area contributed by atoms with Crippen LogP contribution in [0.3, 0.4) is 0 Å². The van der Waals surface area contributed by atoms with Crippen molar-refractivity contribution < 1.29 is 80.2 Å². The van der Waals surface area contributed by atoms with Gasteiger partial charge in [-0.1, -0.05) is 440 Å². The summed E-state index contributed by atoms with van der Waals surface area (Å²) in [5, 5.41) is 10.7. The zero-order chi connectivity index (χ0) is 80.6. The van der Waals surface area contributed by atoms with Gasteiger partial charge in [-0.25, -0.2) is 9.13 Å². The van der Waals surface area contributed by atoms with Gasteiger partial charge < -0.3 is 33.8 Å². The molecule has 3 unspecified atom stereocenters. The zero-order valence-corrected chi connectivity index (χ0v) is 74.4. The van der Waals surface area contributed by atoms with Crippen LogP contribution in [-0.4, -0.2) is 96.7 Å². The Balaban J connectivity index is 5.25. The molecular weight excluding hydrogens is 1430 g/mol. The number of phosphoric acid groups is 2. The van der Waals surface area contributed by atoms with Gasteiger partial charge >= 0.3 is 39.5 Å². The average Bonchev–Trinajstić information content (AvgIpc) is 0.898. The monoisotopic (exact) mass is 1610 g/mol. The quantitative estimate of drug-likeness (QED) is 0.0222. The Labute approximate surface area is 677 Å². The van der Waals surface area contributed by atoms with E-state index in [2.05, 4.69) is 41.5 Å². The summed E-state index contributed by atoms with van der Waals surface area (Å²) in [7, 11) is -9.94. The zero-order valence-electron chi connectivity index (χ0n) is 72.6. The standard InChI is InChI=1S/C91H178O17P2/c1-7-10-12-14-16-18-20-22-24-26-28-30-32-34-36-41-45-49-57-63-69-75-90(95)107-86(79-101-88(93)73-67-61-55-48-44-40-35-33-31-29-27-25-23-21-19-17-15-13-11-8-2)81-105-109(97,98)103-77-85(92)78-104-110(99,100)106-82-87(80-102-89(94)74-68-62-56-52-51-54-60-66-72-84(6)9-3)108-91(96)76-70-64-58-50-46-42-38-37-39-43-47-53-59-65-71-83(4)5/h83-87,92H,7-82H2,1-6H3,(H,97,98)(H,99,100)/t84?,85-,86-,87-/m1/s1. The molecule has 0 aromatic heterocycles. The van der Waals surface area contributed by atoms with Crippen LogP contribution in [0.4, 0.5) is 0 Å². The normalized spacial score (nSPS) is 14.0. The number of aliphatic hydroxyl groups is 1. The van der Waals surface area contributed by atoms with Gasteiger partial charge in [-0.15, -0.1) is 0 Å². The number of carbonyl (C=O) groups is 4. The van der Waals surface area contributed by atoms with Crippen LogP contribution < -0.4 is 0 Å². The third kappa shape index (κ3) is 82.6. The average molecular weight is 1610 g/mol. The first-order chi connectivity index (χ1) is 53.4. The molecule has 0 spiro atoms. The van der Waals surface area contributed by atoms with Crippen LogP contribution in [0.1, 0.15) is 491 Å². The maximum absolute atomic E-state index is 13.2. The van der Waals surface area contributed by atoms with E-state index in [1.54, 1.807) is 0 Å². The Hall–Kier alpha value is -1.94. The molecule has 110 heavy (non-hydrogen) atoms. The molecule has 0 aliphatic carbocycles. The maximum Gasteiger partial charge on any atom is 0.472 e. The number of rotatable bonds is 90. The summed E-state index contributed by atoms with van der Waals surface area (Å²) in [4.78, 5) is 73.4. The predicted octanol–water partition coefficient (Wildman–Crippen LogP) is 28.2. The van der Waals surface area contributed by atoms with Crippen molar-refractivity contribution in [1.82, 2.24) is 0 Å². The van der Waals surface area contributed by atoms with Crippen molar-refractivity contribution in [1.29, 1.82) is 0 Å². The highest BCUT2D eigenvalue weighted by Crippen LogP contribution is 2.45. The molecule has 0 aromatic rings. The van der Waals surface area contributed by atoms with Crippen molar-refractivity contribution in [2.75, 3.05) is 39.6 Å². The molecule has 0 radical (unpaired) electrons. The number of ether oxygens (including phenoxy) is 4. The minimum atomic E-state index is -4.97. The number of hydrogen-bond acceptors (Lipinski definition) is 15.